The lowest BCUT2D eigenvalue weighted by Crippen LogP contribution is -2.43. The number of nitrogens with two attached hydrogens (primary N) is 1. The van der Waals surface area contributed by atoms with Gasteiger partial charge in [-0.3, -0.25) is 4.79 Å². The van der Waals surface area contributed by atoms with Gasteiger partial charge in [0.25, 0.3) is 0 Å². The Bertz CT molecular complexity index is 550. The molecule has 0 aromatic carbocycles. The predicted molar refractivity (Wildman–Crippen MR) is 78.9 cm³/mol. The molecule has 2 N–H and O–H groups in total. The molecule has 116 valence electrons. The maximum Gasteiger partial charge on any atom is 0.223 e. The van der Waals surface area contributed by atoms with Crippen molar-refractivity contribution in [3.05, 3.63) is 11.3 Å². The van der Waals surface area contributed by atoms with Crippen LogP contribution in [0.3, 0.4) is 0 Å². The second-order valence-corrected chi connectivity index (χ2v) is 6.17. The van der Waals surface area contributed by atoms with Gasteiger partial charge < -0.3 is 15.4 Å². The number of hydrogen-bond acceptors (Lipinski definition) is 4. The number of carbonyl (C=O) groups is 1. The number of aryl methyl sites for hydroxylation is 2. The zero-order valence-corrected chi connectivity index (χ0v) is 13.0. The summed E-state index contributed by atoms with van der Waals surface area (Å²) >= 11 is 0. The first-order chi connectivity index (χ1) is 10.0. The van der Waals surface area contributed by atoms with Gasteiger partial charge in [0.2, 0.25) is 11.8 Å². The number of carbonyl (C=O) groups excluding carboxylic acids is 1. The van der Waals surface area contributed by atoms with E-state index in [1.807, 2.05) is 18.9 Å². The van der Waals surface area contributed by atoms with E-state index in [2.05, 4.69) is 5.10 Å². The summed E-state index contributed by atoms with van der Waals surface area (Å²) < 4.78 is 7.26. The lowest BCUT2D eigenvalue weighted by molar-refractivity contribution is -0.134. The fourth-order valence-corrected chi connectivity index (χ4v) is 3.51. The van der Waals surface area contributed by atoms with Crippen molar-refractivity contribution < 1.29 is 9.53 Å². The molecular formula is C15H24N4O2. The Balaban J connectivity index is 2.09. The van der Waals surface area contributed by atoms with Gasteiger partial charge >= 0.3 is 0 Å². The molecule has 2 heterocycles. The van der Waals surface area contributed by atoms with Crippen molar-refractivity contribution in [2.45, 2.75) is 57.2 Å². The number of likely N-dealkylation sites (tertiary alicyclic amines) is 1. The molecule has 2 atom stereocenters. The van der Waals surface area contributed by atoms with Crippen LogP contribution in [-0.2, 0) is 11.8 Å². The van der Waals surface area contributed by atoms with E-state index in [-0.39, 0.29) is 18.0 Å². The van der Waals surface area contributed by atoms with Crippen LogP contribution in [0.25, 0.3) is 0 Å². The van der Waals surface area contributed by atoms with Crippen LogP contribution in [0.2, 0.25) is 0 Å². The fourth-order valence-electron chi connectivity index (χ4n) is 3.51. The van der Waals surface area contributed by atoms with E-state index in [1.165, 1.54) is 0 Å². The van der Waals surface area contributed by atoms with Gasteiger partial charge in [0.05, 0.1) is 24.4 Å². The van der Waals surface area contributed by atoms with E-state index in [0.717, 1.165) is 36.9 Å². The maximum absolute atomic E-state index is 12.5. The van der Waals surface area contributed by atoms with Crippen molar-refractivity contribution in [1.29, 1.82) is 0 Å². The lowest BCUT2D eigenvalue weighted by atomic mass is 9.96. The van der Waals surface area contributed by atoms with Crippen molar-refractivity contribution in [2.75, 3.05) is 7.11 Å². The molecule has 2 fully saturated rings. The van der Waals surface area contributed by atoms with Gasteiger partial charge in [-0.15, -0.1) is 0 Å². The molecule has 1 aromatic rings. The first kappa shape index (κ1) is 14.4. The van der Waals surface area contributed by atoms with Crippen LogP contribution in [-0.4, -0.2) is 39.8 Å². The molecule has 0 spiro atoms. The average molecular weight is 292 g/mol. The molecule has 6 nitrogen and oxygen atoms in total. The van der Waals surface area contributed by atoms with E-state index in [9.17, 15) is 4.79 Å². The molecule has 1 saturated heterocycles. The number of amides is 1. The van der Waals surface area contributed by atoms with Crippen LogP contribution < -0.4 is 10.5 Å². The molecule has 1 aromatic heterocycles. The minimum atomic E-state index is -0.115. The van der Waals surface area contributed by atoms with E-state index >= 15 is 0 Å². The Morgan fingerprint density at radius 2 is 2.05 bits per heavy atom. The van der Waals surface area contributed by atoms with Crippen LogP contribution in [0, 0.1) is 6.92 Å². The minimum absolute atomic E-state index is 0.0613. The Morgan fingerprint density at radius 3 is 2.67 bits per heavy atom. The molecule has 2 unspecified atom stereocenters. The summed E-state index contributed by atoms with van der Waals surface area (Å²) in [4.78, 5) is 14.6. The zero-order valence-electron chi connectivity index (χ0n) is 13.0. The fraction of sp³-hybridized carbons (Fsp3) is 0.733. The van der Waals surface area contributed by atoms with Crippen molar-refractivity contribution >= 4 is 5.91 Å². The third-order valence-corrected chi connectivity index (χ3v) is 4.56. The first-order valence-corrected chi connectivity index (χ1v) is 7.68. The third kappa shape index (κ3) is 2.41. The predicted octanol–water partition coefficient (Wildman–Crippen LogP) is 1.28. The first-order valence-electron chi connectivity index (χ1n) is 7.68. The number of hydrogen-bond donors (Lipinski definition) is 1. The van der Waals surface area contributed by atoms with Gasteiger partial charge in [-0.2, -0.15) is 5.10 Å². The molecule has 1 amide bonds. The monoisotopic (exact) mass is 292 g/mol. The number of rotatable bonds is 3. The smallest absolute Gasteiger partial charge is 0.223 e. The summed E-state index contributed by atoms with van der Waals surface area (Å²) in [5.41, 5.74) is 8.32. The molecule has 3 rings (SSSR count). The summed E-state index contributed by atoms with van der Waals surface area (Å²) in [5.74, 6) is 0.939. The highest BCUT2D eigenvalue weighted by atomic mass is 16.5. The SMILES string of the molecule is COc1c(C2C(N)CCCC(=O)N2C2CC2)c(C)nn1C. The Kier molecular flexibility index (Phi) is 3.65. The second kappa shape index (κ2) is 5.33. The van der Waals surface area contributed by atoms with Crippen LogP contribution >= 0.6 is 0 Å². The van der Waals surface area contributed by atoms with Crippen molar-refractivity contribution in [3.8, 4) is 5.88 Å². The van der Waals surface area contributed by atoms with Gasteiger partial charge in [-0.05, 0) is 32.6 Å². The van der Waals surface area contributed by atoms with Crippen LogP contribution in [0.1, 0.15) is 49.4 Å². The number of aromatic nitrogens is 2. The van der Waals surface area contributed by atoms with E-state index in [0.29, 0.717) is 18.3 Å². The molecule has 1 aliphatic carbocycles. The number of nitrogens with zero attached hydrogens (tertiary/aromatic N) is 3. The second-order valence-electron chi connectivity index (χ2n) is 6.17. The molecule has 21 heavy (non-hydrogen) atoms. The molecule has 6 heteroatoms. The van der Waals surface area contributed by atoms with Crippen LogP contribution in [0.15, 0.2) is 0 Å². The Labute approximate surface area is 125 Å². The van der Waals surface area contributed by atoms with E-state index in [1.54, 1.807) is 11.8 Å². The Morgan fingerprint density at radius 1 is 1.33 bits per heavy atom. The number of ether oxygens (including phenoxy) is 1. The minimum Gasteiger partial charge on any atom is -0.481 e. The van der Waals surface area contributed by atoms with E-state index in [4.69, 9.17) is 10.5 Å². The van der Waals surface area contributed by atoms with Gasteiger partial charge in [0, 0.05) is 25.6 Å². The highest BCUT2D eigenvalue weighted by molar-refractivity contribution is 5.78. The summed E-state index contributed by atoms with van der Waals surface area (Å²) in [5, 5.41) is 4.46. The van der Waals surface area contributed by atoms with Gasteiger partial charge in [0.15, 0.2) is 0 Å². The largest absolute Gasteiger partial charge is 0.481 e. The Hall–Kier alpha value is -1.56. The summed E-state index contributed by atoms with van der Waals surface area (Å²) in [6.07, 6.45) is 4.48. The maximum atomic E-state index is 12.5. The normalized spacial score (nSPS) is 26.9. The van der Waals surface area contributed by atoms with Crippen molar-refractivity contribution in [2.24, 2.45) is 12.8 Å². The van der Waals surface area contributed by atoms with Crippen LogP contribution in [0.4, 0.5) is 0 Å². The standard InChI is InChI=1S/C15H24N4O2/c1-9-13(15(21-3)18(2)17-9)14-11(16)5-4-6-12(20)19(14)10-7-8-10/h10-11,14H,4-8,16H2,1-3H3. The number of methoxy groups -OCH3 is 1. The molecule has 1 aliphatic heterocycles. The van der Waals surface area contributed by atoms with Gasteiger partial charge in [-0.1, -0.05) is 0 Å². The molecule has 0 bridgehead atoms. The molecule has 0 radical (unpaired) electrons. The zero-order chi connectivity index (χ0) is 15.1. The summed E-state index contributed by atoms with van der Waals surface area (Å²) in [7, 11) is 3.51. The average Bonchev–Trinajstić information content (AvgIpc) is 3.22. The van der Waals surface area contributed by atoms with Crippen LogP contribution in [0.5, 0.6) is 5.88 Å². The lowest BCUT2D eigenvalue weighted by Gasteiger charge is -2.34. The van der Waals surface area contributed by atoms with E-state index < -0.39 is 0 Å². The third-order valence-electron chi connectivity index (χ3n) is 4.56. The molecular weight excluding hydrogens is 268 g/mol. The highest BCUT2D eigenvalue weighted by Crippen LogP contribution is 2.42. The summed E-state index contributed by atoms with van der Waals surface area (Å²) in [6.45, 7) is 1.96. The molecule has 2 aliphatic rings. The van der Waals surface area contributed by atoms with Gasteiger partial charge in [-0.25, -0.2) is 4.68 Å². The topological polar surface area (TPSA) is 73.4 Å². The van der Waals surface area contributed by atoms with Gasteiger partial charge in [0.1, 0.15) is 0 Å². The highest BCUT2D eigenvalue weighted by Gasteiger charge is 2.44. The summed E-state index contributed by atoms with van der Waals surface area (Å²) in [6, 6.07) is 0.168. The molecule has 1 saturated carbocycles. The van der Waals surface area contributed by atoms with Crippen molar-refractivity contribution in [3.63, 3.8) is 0 Å². The van der Waals surface area contributed by atoms with Crippen molar-refractivity contribution in [1.82, 2.24) is 14.7 Å². The quantitative estimate of drug-likeness (QED) is 0.911.